The van der Waals surface area contributed by atoms with Crippen LogP contribution in [0.4, 0.5) is 0 Å². The van der Waals surface area contributed by atoms with Crippen LogP contribution in [0.1, 0.15) is 32.6 Å². The summed E-state index contributed by atoms with van der Waals surface area (Å²) in [5.41, 5.74) is 0. The number of rotatable bonds is 6. The van der Waals surface area contributed by atoms with Crippen LogP contribution in [0.15, 0.2) is 0 Å². The molecule has 0 rings (SSSR count). The van der Waals surface area contributed by atoms with E-state index in [1.807, 2.05) is 6.92 Å². The van der Waals surface area contributed by atoms with E-state index in [4.69, 9.17) is 11.6 Å². The van der Waals surface area contributed by atoms with E-state index in [9.17, 15) is 8.42 Å². The predicted octanol–water partition coefficient (Wildman–Crippen LogP) is 2.22. The number of hydrogen-bond donors (Lipinski definition) is 0. The predicted molar refractivity (Wildman–Crippen MR) is 53.5 cm³/mol. The molecule has 0 aromatic carbocycles. The Morgan fingerprint density at radius 1 is 1.25 bits per heavy atom. The Labute approximate surface area is 80.2 Å². The Morgan fingerprint density at radius 2 is 1.83 bits per heavy atom. The first-order valence-corrected chi connectivity index (χ1v) is 6.73. The van der Waals surface area contributed by atoms with Gasteiger partial charge in [0, 0.05) is 17.4 Å². The summed E-state index contributed by atoms with van der Waals surface area (Å²) in [5.74, 6) is 0.309. The minimum Gasteiger partial charge on any atom is -0.229 e. The van der Waals surface area contributed by atoms with E-state index >= 15 is 0 Å². The van der Waals surface area contributed by atoms with Crippen molar-refractivity contribution in [2.75, 3.05) is 12.0 Å². The molecule has 0 radical (unpaired) electrons. The van der Waals surface area contributed by atoms with Crippen LogP contribution in [0.3, 0.4) is 0 Å². The van der Waals surface area contributed by atoms with Crippen molar-refractivity contribution in [3.05, 3.63) is 0 Å². The third-order valence-corrected chi connectivity index (χ3v) is 2.87. The SMILES string of the molecule is CC(Cl)CCCCCS(C)(=O)=O. The monoisotopic (exact) mass is 212 g/mol. The van der Waals surface area contributed by atoms with Crippen LogP contribution in [0, 0.1) is 0 Å². The third-order valence-electron chi connectivity index (χ3n) is 1.62. The number of unbranched alkanes of at least 4 members (excludes halogenated alkanes) is 2. The number of halogens is 1. The number of alkyl halides is 1. The highest BCUT2D eigenvalue weighted by atomic mass is 35.5. The molecule has 0 amide bonds. The molecule has 2 nitrogen and oxygen atoms in total. The van der Waals surface area contributed by atoms with E-state index in [0.29, 0.717) is 5.75 Å². The molecule has 0 heterocycles. The van der Waals surface area contributed by atoms with Gasteiger partial charge in [-0.05, 0) is 19.8 Å². The number of sulfone groups is 1. The molecule has 12 heavy (non-hydrogen) atoms. The van der Waals surface area contributed by atoms with Crippen LogP contribution in [0.5, 0.6) is 0 Å². The van der Waals surface area contributed by atoms with Gasteiger partial charge in [0.2, 0.25) is 0 Å². The molecule has 1 unspecified atom stereocenters. The molecule has 0 saturated heterocycles. The lowest BCUT2D eigenvalue weighted by molar-refractivity contribution is 0.592. The Kier molecular flexibility index (Phi) is 5.93. The lowest BCUT2D eigenvalue weighted by Gasteiger charge is -2.01. The Morgan fingerprint density at radius 3 is 2.25 bits per heavy atom. The Hall–Kier alpha value is 0.240. The van der Waals surface area contributed by atoms with Crippen molar-refractivity contribution in [3.8, 4) is 0 Å². The van der Waals surface area contributed by atoms with Crippen LogP contribution in [0.25, 0.3) is 0 Å². The van der Waals surface area contributed by atoms with E-state index in [2.05, 4.69) is 0 Å². The molecule has 74 valence electrons. The fourth-order valence-corrected chi connectivity index (χ4v) is 1.85. The molecular formula is C8H17ClO2S. The first-order valence-electron chi connectivity index (χ1n) is 4.23. The molecule has 0 saturated carbocycles. The van der Waals surface area contributed by atoms with Gasteiger partial charge >= 0.3 is 0 Å². The van der Waals surface area contributed by atoms with Gasteiger partial charge in [-0.25, -0.2) is 8.42 Å². The van der Waals surface area contributed by atoms with Gasteiger partial charge < -0.3 is 0 Å². The van der Waals surface area contributed by atoms with Crippen LogP contribution < -0.4 is 0 Å². The van der Waals surface area contributed by atoms with Gasteiger partial charge in [0.15, 0.2) is 0 Å². The summed E-state index contributed by atoms with van der Waals surface area (Å²) in [7, 11) is -2.76. The van der Waals surface area contributed by atoms with Crippen molar-refractivity contribution < 1.29 is 8.42 Å². The minimum absolute atomic E-state index is 0.211. The lowest BCUT2D eigenvalue weighted by atomic mass is 10.2. The first-order chi connectivity index (χ1) is 5.42. The highest BCUT2D eigenvalue weighted by molar-refractivity contribution is 7.90. The van der Waals surface area contributed by atoms with E-state index in [1.165, 1.54) is 6.26 Å². The van der Waals surface area contributed by atoms with Crippen molar-refractivity contribution >= 4 is 21.4 Å². The second kappa shape index (κ2) is 5.81. The quantitative estimate of drug-likeness (QED) is 0.500. The smallest absolute Gasteiger partial charge is 0.147 e. The van der Waals surface area contributed by atoms with E-state index < -0.39 is 9.84 Å². The Balaban J connectivity index is 3.23. The maximum atomic E-state index is 10.7. The van der Waals surface area contributed by atoms with Gasteiger partial charge in [-0.3, -0.25) is 0 Å². The van der Waals surface area contributed by atoms with Crippen molar-refractivity contribution in [3.63, 3.8) is 0 Å². The molecule has 0 bridgehead atoms. The standard InChI is InChI=1S/C8H17ClO2S/c1-8(9)6-4-3-5-7-12(2,10)11/h8H,3-7H2,1-2H3. The van der Waals surface area contributed by atoms with E-state index in [1.54, 1.807) is 0 Å². The van der Waals surface area contributed by atoms with Crippen molar-refractivity contribution in [1.29, 1.82) is 0 Å². The molecule has 0 fully saturated rings. The molecule has 0 spiro atoms. The topological polar surface area (TPSA) is 34.1 Å². The van der Waals surface area contributed by atoms with Crippen molar-refractivity contribution in [2.45, 2.75) is 38.0 Å². The third kappa shape index (κ3) is 10.2. The number of hydrogen-bond acceptors (Lipinski definition) is 2. The molecule has 4 heteroatoms. The molecule has 0 aliphatic carbocycles. The molecule has 0 N–H and O–H groups in total. The zero-order valence-electron chi connectivity index (χ0n) is 7.72. The van der Waals surface area contributed by atoms with Crippen LogP contribution in [-0.2, 0) is 9.84 Å². The van der Waals surface area contributed by atoms with Gasteiger partial charge in [-0.1, -0.05) is 12.8 Å². The minimum atomic E-state index is -2.76. The van der Waals surface area contributed by atoms with Gasteiger partial charge in [0.1, 0.15) is 9.84 Å². The average Bonchev–Trinajstić information content (AvgIpc) is 1.83. The lowest BCUT2D eigenvalue weighted by Crippen LogP contribution is -2.02. The summed E-state index contributed by atoms with van der Waals surface area (Å²) in [5, 5.41) is 0.211. The zero-order valence-corrected chi connectivity index (χ0v) is 9.29. The summed E-state index contributed by atoms with van der Waals surface area (Å²) in [6, 6.07) is 0. The molecule has 0 aliphatic rings. The van der Waals surface area contributed by atoms with Gasteiger partial charge in [0.25, 0.3) is 0 Å². The van der Waals surface area contributed by atoms with Gasteiger partial charge in [0.05, 0.1) is 0 Å². The second-order valence-corrected chi connectivity index (χ2v) is 6.26. The summed E-state index contributed by atoms with van der Waals surface area (Å²) in [6.45, 7) is 1.96. The molecule has 0 aliphatic heterocycles. The summed E-state index contributed by atoms with van der Waals surface area (Å²) in [6.07, 6.45) is 5.01. The van der Waals surface area contributed by atoms with E-state index in [0.717, 1.165) is 25.7 Å². The average molecular weight is 213 g/mol. The maximum absolute atomic E-state index is 10.7. The zero-order chi connectivity index (χ0) is 9.61. The fourth-order valence-electron chi connectivity index (χ4n) is 0.967. The van der Waals surface area contributed by atoms with Crippen molar-refractivity contribution in [2.24, 2.45) is 0 Å². The second-order valence-electron chi connectivity index (χ2n) is 3.26. The largest absolute Gasteiger partial charge is 0.229 e. The summed E-state index contributed by atoms with van der Waals surface area (Å²) >= 11 is 5.73. The fraction of sp³-hybridized carbons (Fsp3) is 1.00. The molecule has 0 aromatic heterocycles. The van der Waals surface area contributed by atoms with Crippen molar-refractivity contribution in [1.82, 2.24) is 0 Å². The van der Waals surface area contributed by atoms with Gasteiger partial charge in [-0.15, -0.1) is 11.6 Å². The van der Waals surface area contributed by atoms with Crippen LogP contribution >= 0.6 is 11.6 Å². The highest BCUT2D eigenvalue weighted by Crippen LogP contribution is 2.08. The molecule has 1 atom stereocenters. The first kappa shape index (κ1) is 12.2. The van der Waals surface area contributed by atoms with Gasteiger partial charge in [-0.2, -0.15) is 0 Å². The Bertz CT molecular complexity index is 197. The summed E-state index contributed by atoms with van der Waals surface area (Å²) < 4.78 is 21.4. The van der Waals surface area contributed by atoms with Crippen LogP contribution in [0.2, 0.25) is 0 Å². The highest BCUT2D eigenvalue weighted by Gasteiger charge is 2.01. The normalized spacial score (nSPS) is 14.6. The van der Waals surface area contributed by atoms with E-state index in [-0.39, 0.29) is 5.38 Å². The molecular weight excluding hydrogens is 196 g/mol. The summed E-state index contributed by atoms with van der Waals surface area (Å²) in [4.78, 5) is 0. The maximum Gasteiger partial charge on any atom is 0.147 e. The van der Waals surface area contributed by atoms with Crippen LogP contribution in [-0.4, -0.2) is 25.8 Å². The molecule has 0 aromatic rings.